The number of amides is 1. The van der Waals surface area contributed by atoms with Crippen molar-refractivity contribution in [1.82, 2.24) is 10.6 Å². The number of rotatable bonds is 6. The Bertz CT molecular complexity index is 405. The third-order valence-electron chi connectivity index (χ3n) is 3.33. The lowest BCUT2D eigenvalue weighted by Gasteiger charge is -2.24. The highest BCUT2D eigenvalue weighted by Gasteiger charge is 2.19. The highest BCUT2D eigenvalue weighted by molar-refractivity contribution is 5.76. The molecule has 1 fully saturated rings. The van der Waals surface area contributed by atoms with Crippen LogP contribution in [-0.2, 0) is 16.0 Å². The second kappa shape index (κ2) is 7.99. The molecule has 1 unspecified atom stereocenters. The van der Waals surface area contributed by atoms with E-state index in [4.69, 9.17) is 4.74 Å². The number of carbonyl (C=O) groups excluding carboxylic acids is 1. The average Bonchev–Trinajstić information content (AvgIpc) is 2.48. The summed E-state index contributed by atoms with van der Waals surface area (Å²) in [5.74, 6) is -0.0753. The monoisotopic (exact) mass is 278 g/mol. The van der Waals surface area contributed by atoms with Crippen LogP contribution in [0, 0.1) is 0 Å². The Balaban J connectivity index is 1.78. The van der Waals surface area contributed by atoms with Crippen LogP contribution in [0.2, 0.25) is 0 Å². The molecule has 1 heterocycles. The standard InChI is InChI=1S/C15H22N2O3/c18-11-13(8-12-4-2-1-3-5-12)17-15(19)9-14-10-16-6-7-20-14/h1-5,13-14,16,18H,6-11H2,(H,17,19)/t13-,14?/m1/s1. The van der Waals surface area contributed by atoms with Crippen molar-refractivity contribution in [3.05, 3.63) is 35.9 Å². The molecule has 0 radical (unpaired) electrons. The summed E-state index contributed by atoms with van der Waals surface area (Å²) in [5, 5.41) is 15.4. The van der Waals surface area contributed by atoms with Crippen molar-refractivity contribution < 1.29 is 14.6 Å². The summed E-state index contributed by atoms with van der Waals surface area (Å²) >= 11 is 0. The number of carbonyl (C=O) groups is 1. The van der Waals surface area contributed by atoms with Gasteiger partial charge in [0.15, 0.2) is 0 Å². The molecule has 1 aromatic rings. The van der Waals surface area contributed by atoms with Crippen molar-refractivity contribution in [3.63, 3.8) is 0 Å². The summed E-state index contributed by atoms with van der Waals surface area (Å²) in [4.78, 5) is 11.9. The molecule has 5 heteroatoms. The van der Waals surface area contributed by atoms with E-state index in [9.17, 15) is 9.90 Å². The Kier molecular flexibility index (Phi) is 5.98. The molecule has 1 saturated heterocycles. The van der Waals surface area contributed by atoms with Crippen molar-refractivity contribution in [1.29, 1.82) is 0 Å². The zero-order valence-electron chi connectivity index (χ0n) is 11.5. The van der Waals surface area contributed by atoms with E-state index in [-0.39, 0.29) is 24.7 Å². The van der Waals surface area contributed by atoms with Crippen LogP contribution in [0.1, 0.15) is 12.0 Å². The minimum atomic E-state index is -0.249. The highest BCUT2D eigenvalue weighted by Crippen LogP contribution is 2.05. The van der Waals surface area contributed by atoms with Gasteiger partial charge in [0, 0.05) is 13.1 Å². The van der Waals surface area contributed by atoms with Crippen LogP contribution in [0.4, 0.5) is 0 Å². The summed E-state index contributed by atoms with van der Waals surface area (Å²) in [5.41, 5.74) is 1.10. The molecule has 20 heavy (non-hydrogen) atoms. The summed E-state index contributed by atoms with van der Waals surface area (Å²) in [6, 6.07) is 9.58. The van der Waals surface area contributed by atoms with Gasteiger partial charge in [-0.25, -0.2) is 0 Å². The summed E-state index contributed by atoms with van der Waals surface area (Å²) in [7, 11) is 0. The van der Waals surface area contributed by atoms with Gasteiger partial charge in [0.1, 0.15) is 0 Å². The van der Waals surface area contributed by atoms with Gasteiger partial charge in [-0.2, -0.15) is 0 Å². The number of hydrogen-bond acceptors (Lipinski definition) is 4. The van der Waals surface area contributed by atoms with Gasteiger partial charge in [-0.15, -0.1) is 0 Å². The van der Waals surface area contributed by atoms with Crippen LogP contribution < -0.4 is 10.6 Å². The van der Waals surface area contributed by atoms with E-state index in [1.807, 2.05) is 30.3 Å². The predicted molar refractivity (Wildman–Crippen MR) is 76.4 cm³/mol. The third-order valence-corrected chi connectivity index (χ3v) is 3.33. The molecular weight excluding hydrogens is 256 g/mol. The van der Waals surface area contributed by atoms with E-state index in [0.29, 0.717) is 26.0 Å². The first-order chi connectivity index (χ1) is 9.78. The normalized spacial score (nSPS) is 20.4. The molecule has 1 amide bonds. The van der Waals surface area contributed by atoms with Crippen molar-refractivity contribution in [2.45, 2.75) is 25.0 Å². The minimum Gasteiger partial charge on any atom is -0.394 e. The van der Waals surface area contributed by atoms with Crippen molar-refractivity contribution >= 4 is 5.91 Å². The Morgan fingerprint density at radius 1 is 1.45 bits per heavy atom. The number of aliphatic hydroxyl groups is 1. The maximum atomic E-state index is 11.9. The first kappa shape index (κ1) is 15.0. The molecule has 5 nitrogen and oxygen atoms in total. The van der Waals surface area contributed by atoms with E-state index in [2.05, 4.69) is 10.6 Å². The number of aliphatic hydroxyl groups excluding tert-OH is 1. The molecule has 1 aliphatic heterocycles. The first-order valence-electron chi connectivity index (χ1n) is 7.04. The van der Waals surface area contributed by atoms with Gasteiger partial charge in [-0.05, 0) is 12.0 Å². The highest BCUT2D eigenvalue weighted by atomic mass is 16.5. The first-order valence-corrected chi connectivity index (χ1v) is 7.04. The number of benzene rings is 1. The Hall–Kier alpha value is -1.43. The Morgan fingerprint density at radius 3 is 2.90 bits per heavy atom. The molecule has 1 aliphatic rings. The molecule has 2 rings (SSSR count). The lowest BCUT2D eigenvalue weighted by Crippen LogP contribution is -2.44. The van der Waals surface area contributed by atoms with Gasteiger partial charge in [0.25, 0.3) is 0 Å². The van der Waals surface area contributed by atoms with Crippen LogP contribution in [0.15, 0.2) is 30.3 Å². The van der Waals surface area contributed by atoms with E-state index in [0.717, 1.165) is 12.1 Å². The van der Waals surface area contributed by atoms with E-state index in [1.54, 1.807) is 0 Å². The molecule has 0 spiro atoms. The molecular formula is C15H22N2O3. The van der Waals surface area contributed by atoms with Crippen LogP contribution in [0.25, 0.3) is 0 Å². The fourth-order valence-corrected chi connectivity index (χ4v) is 2.30. The van der Waals surface area contributed by atoms with Crippen molar-refractivity contribution in [2.75, 3.05) is 26.3 Å². The van der Waals surface area contributed by atoms with Crippen LogP contribution in [-0.4, -0.2) is 49.5 Å². The van der Waals surface area contributed by atoms with Gasteiger partial charge in [0.05, 0.1) is 31.8 Å². The maximum Gasteiger partial charge on any atom is 0.222 e. The van der Waals surface area contributed by atoms with Gasteiger partial charge in [-0.1, -0.05) is 30.3 Å². The lowest BCUT2D eigenvalue weighted by molar-refractivity contribution is -0.125. The SMILES string of the molecule is O=C(CC1CNCCO1)N[C@@H](CO)Cc1ccccc1. The van der Waals surface area contributed by atoms with Gasteiger partial charge >= 0.3 is 0 Å². The maximum absolute atomic E-state index is 11.9. The lowest BCUT2D eigenvalue weighted by atomic mass is 10.1. The average molecular weight is 278 g/mol. The fourth-order valence-electron chi connectivity index (χ4n) is 2.30. The van der Waals surface area contributed by atoms with E-state index in [1.165, 1.54) is 0 Å². The van der Waals surface area contributed by atoms with Gasteiger partial charge < -0.3 is 20.5 Å². The number of ether oxygens (including phenoxy) is 1. The summed E-state index contributed by atoms with van der Waals surface area (Å²) in [6.07, 6.45) is 0.894. The zero-order chi connectivity index (χ0) is 14.2. The number of nitrogens with one attached hydrogen (secondary N) is 2. The number of morpholine rings is 1. The summed E-state index contributed by atoms with van der Waals surface area (Å²) in [6.45, 7) is 2.12. The van der Waals surface area contributed by atoms with Crippen LogP contribution in [0.3, 0.4) is 0 Å². The molecule has 2 atom stereocenters. The third kappa shape index (κ3) is 4.92. The van der Waals surface area contributed by atoms with Gasteiger partial charge in [-0.3, -0.25) is 4.79 Å². The van der Waals surface area contributed by atoms with Gasteiger partial charge in [0.2, 0.25) is 5.91 Å². The largest absolute Gasteiger partial charge is 0.394 e. The molecule has 3 N–H and O–H groups in total. The molecule has 110 valence electrons. The van der Waals surface area contributed by atoms with Crippen molar-refractivity contribution in [3.8, 4) is 0 Å². The number of hydrogen-bond donors (Lipinski definition) is 3. The minimum absolute atomic E-state index is 0.0651. The van der Waals surface area contributed by atoms with E-state index >= 15 is 0 Å². The second-order valence-electron chi connectivity index (χ2n) is 5.04. The molecule has 0 saturated carbocycles. The summed E-state index contributed by atoms with van der Waals surface area (Å²) < 4.78 is 5.50. The predicted octanol–water partition coefficient (Wildman–Crippen LogP) is 0.0847. The molecule has 1 aromatic carbocycles. The van der Waals surface area contributed by atoms with Crippen molar-refractivity contribution in [2.24, 2.45) is 0 Å². The zero-order valence-corrected chi connectivity index (χ0v) is 11.5. The molecule has 0 bridgehead atoms. The smallest absolute Gasteiger partial charge is 0.222 e. The second-order valence-corrected chi connectivity index (χ2v) is 5.04. The van der Waals surface area contributed by atoms with E-state index < -0.39 is 0 Å². The quantitative estimate of drug-likeness (QED) is 0.689. The Labute approximate surface area is 119 Å². The fraction of sp³-hybridized carbons (Fsp3) is 0.533. The molecule has 0 aliphatic carbocycles. The topological polar surface area (TPSA) is 70.6 Å². The molecule has 0 aromatic heterocycles. The van der Waals surface area contributed by atoms with Crippen LogP contribution in [0.5, 0.6) is 0 Å². The Morgan fingerprint density at radius 2 is 2.25 bits per heavy atom. The van der Waals surface area contributed by atoms with Crippen LogP contribution >= 0.6 is 0 Å².